The van der Waals surface area contributed by atoms with Gasteiger partial charge in [0.2, 0.25) is 0 Å². The lowest BCUT2D eigenvalue weighted by Gasteiger charge is -2.31. The molecule has 142 valence electrons. The number of nitrogens with zero attached hydrogens (tertiary/aromatic N) is 3. The van der Waals surface area contributed by atoms with Crippen LogP contribution in [0.15, 0.2) is 47.3 Å². The van der Waals surface area contributed by atoms with Crippen LogP contribution in [-0.2, 0) is 6.54 Å². The van der Waals surface area contributed by atoms with Gasteiger partial charge in [0.15, 0.2) is 0 Å². The molecular weight excluding hydrogens is 392 g/mol. The van der Waals surface area contributed by atoms with Crippen LogP contribution in [0.25, 0.3) is 21.1 Å². The highest BCUT2D eigenvalue weighted by Gasteiger charge is 2.24. The van der Waals surface area contributed by atoms with Crippen LogP contribution in [-0.4, -0.2) is 32.9 Å². The molecular formula is C21H19ClN4OS. The molecule has 2 aromatic carbocycles. The molecule has 1 N–H and O–H groups in total. The second-order valence-electron chi connectivity index (χ2n) is 7.27. The lowest BCUT2D eigenvalue weighted by Crippen LogP contribution is -2.35. The van der Waals surface area contributed by atoms with Gasteiger partial charge in [-0.05, 0) is 49.7 Å². The van der Waals surface area contributed by atoms with Crippen LogP contribution in [0.1, 0.15) is 29.6 Å². The van der Waals surface area contributed by atoms with Gasteiger partial charge in [-0.15, -0.1) is 11.3 Å². The minimum absolute atomic E-state index is 0.137. The van der Waals surface area contributed by atoms with Crippen molar-refractivity contribution >= 4 is 44.1 Å². The van der Waals surface area contributed by atoms with Gasteiger partial charge in [-0.2, -0.15) is 0 Å². The van der Waals surface area contributed by atoms with Crippen LogP contribution in [0.3, 0.4) is 0 Å². The Labute approximate surface area is 171 Å². The quantitative estimate of drug-likeness (QED) is 0.537. The molecule has 0 aliphatic carbocycles. The van der Waals surface area contributed by atoms with Crippen LogP contribution < -0.4 is 5.56 Å². The molecule has 0 unspecified atom stereocenters. The number of para-hydroxylation sites is 1. The first-order chi connectivity index (χ1) is 13.7. The van der Waals surface area contributed by atoms with Crippen molar-refractivity contribution in [3.8, 4) is 0 Å². The van der Waals surface area contributed by atoms with Crippen molar-refractivity contribution in [3.63, 3.8) is 0 Å². The smallest absolute Gasteiger partial charge is 0.258 e. The monoisotopic (exact) mass is 410 g/mol. The first-order valence-electron chi connectivity index (χ1n) is 9.42. The largest absolute Gasteiger partial charge is 0.309 e. The van der Waals surface area contributed by atoms with E-state index in [4.69, 9.17) is 16.6 Å². The fourth-order valence-electron chi connectivity index (χ4n) is 3.91. The van der Waals surface area contributed by atoms with Crippen molar-refractivity contribution < 1.29 is 0 Å². The summed E-state index contributed by atoms with van der Waals surface area (Å²) in [6.07, 6.45) is 2.27. The van der Waals surface area contributed by atoms with Crippen molar-refractivity contribution in [1.82, 2.24) is 19.9 Å². The lowest BCUT2D eigenvalue weighted by molar-refractivity contribution is 0.196. The molecule has 0 amide bonds. The summed E-state index contributed by atoms with van der Waals surface area (Å²) < 4.78 is 1.24. The number of rotatable bonds is 3. The van der Waals surface area contributed by atoms with Gasteiger partial charge in [0, 0.05) is 17.5 Å². The zero-order valence-electron chi connectivity index (χ0n) is 15.2. The number of fused-ring (bicyclic) bond motifs is 2. The maximum absolute atomic E-state index is 12.4. The number of nitrogens with one attached hydrogen (secondary N) is 1. The van der Waals surface area contributed by atoms with Gasteiger partial charge in [0.05, 0.1) is 32.7 Å². The highest BCUT2D eigenvalue weighted by atomic mass is 35.5. The second kappa shape index (κ2) is 7.28. The van der Waals surface area contributed by atoms with Gasteiger partial charge in [-0.25, -0.2) is 9.97 Å². The molecule has 1 saturated heterocycles. The number of likely N-dealkylation sites (tertiary alicyclic amines) is 1. The molecule has 0 radical (unpaired) electrons. The van der Waals surface area contributed by atoms with E-state index in [-0.39, 0.29) is 5.56 Å². The Morgan fingerprint density at radius 1 is 1.18 bits per heavy atom. The molecule has 1 aliphatic rings. The first kappa shape index (κ1) is 17.8. The third-order valence-corrected chi connectivity index (χ3v) is 6.69. The minimum Gasteiger partial charge on any atom is -0.309 e. The van der Waals surface area contributed by atoms with E-state index in [0.29, 0.717) is 34.2 Å². The number of thiazole rings is 1. The van der Waals surface area contributed by atoms with E-state index in [1.165, 1.54) is 9.71 Å². The maximum atomic E-state index is 12.4. The molecule has 1 aliphatic heterocycles. The van der Waals surface area contributed by atoms with Gasteiger partial charge < -0.3 is 4.98 Å². The number of aromatic nitrogens is 3. The Morgan fingerprint density at radius 2 is 2.07 bits per heavy atom. The Bertz CT molecular complexity index is 1180. The Hall–Kier alpha value is -2.28. The number of halogens is 1. The second-order valence-corrected chi connectivity index (χ2v) is 8.77. The fourth-order valence-corrected chi connectivity index (χ4v) is 5.18. The van der Waals surface area contributed by atoms with Crippen LogP contribution >= 0.6 is 22.9 Å². The average Bonchev–Trinajstić information content (AvgIpc) is 3.13. The predicted molar refractivity (Wildman–Crippen MR) is 114 cm³/mol. The predicted octanol–water partition coefficient (Wildman–Crippen LogP) is 4.57. The van der Waals surface area contributed by atoms with E-state index in [9.17, 15) is 4.79 Å². The Morgan fingerprint density at radius 3 is 2.96 bits per heavy atom. The van der Waals surface area contributed by atoms with Crippen molar-refractivity contribution in [1.29, 1.82) is 0 Å². The molecule has 28 heavy (non-hydrogen) atoms. The maximum Gasteiger partial charge on any atom is 0.258 e. The van der Waals surface area contributed by atoms with Crippen LogP contribution in [0, 0.1) is 0 Å². The summed E-state index contributed by atoms with van der Waals surface area (Å²) in [5, 5.41) is 2.28. The van der Waals surface area contributed by atoms with E-state index in [0.717, 1.165) is 31.4 Å². The Balaban J connectivity index is 1.37. The molecule has 3 heterocycles. The molecule has 0 spiro atoms. The molecule has 0 saturated carbocycles. The molecule has 4 aromatic rings. The van der Waals surface area contributed by atoms with Crippen molar-refractivity contribution in [2.75, 3.05) is 13.1 Å². The summed E-state index contributed by atoms with van der Waals surface area (Å²) in [6.45, 7) is 2.57. The number of H-pyrrole nitrogens is 1. The van der Waals surface area contributed by atoms with Crippen molar-refractivity contribution in [3.05, 3.63) is 68.7 Å². The first-order valence-corrected chi connectivity index (χ1v) is 10.6. The molecule has 0 bridgehead atoms. The van der Waals surface area contributed by atoms with Gasteiger partial charge in [-0.3, -0.25) is 9.69 Å². The summed E-state index contributed by atoms with van der Waals surface area (Å²) in [5.74, 6) is 1.13. The summed E-state index contributed by atoms with van der Waals surface area (Å²) in [4.78, 5) is 27.2. The number of aromatic amines is 1. The van der Waals surface area contributed by atoms with Gasteiger partial charge >= 0.3 is 0 Å². The lowest BCUT2D eigenvalue weighted by atomic mass is 9.99. The van der Waals surface area contributed by atoms with E-state index < -0.39 is 0 Å². The van der Waals surface area contributed by atoms with E-state index in [1.54, 1.807) is 29.5 Å². The molecule has 1 atom stereocenters. The summed E-state index contributed by atoms with van der Waals surface area (Å²) in [6, 6.07) is 13.5. The summed E-state index contributed by atoms with van der Waals surface area (Å²) >= 11 is 7.79. The number of hydrogen-bond acceptors (Lipinski definition) is 5. The topological polar surface area (TPSA) is 61.9 Å². The van der Waals surface area contributed by atoms with Crippen LogP contribution in [0.4, 0.5) is 0 Å². The summed E-state index contributed by atoms with van der Waals surface area (Å²) in [5.41, 5.74) is 1.63. The zero-order chi connectivity index (χ0) is 19.1. The minimum atomic E-state index is -0.137. The zero-order valence-corrected chi connectivity index (χ0v) is 16.8. The van der Waals surface area contributed by atoms with Crippen molar-refractivity contribution in [2.45, 2.75) is 25.3 Å². The van der Waals surface area contributed by atoms with E-state index in [2.05, 4.69) is 33.1 Å². The third kappa shape index (κ3) is 3.43. The van der Waals surface area contributed by atoms with Crippen molar-refractivity contribution in [2.24, 2.45) is 0 Å². The van der Waals surface area contributed by atoms with E-state index >= 15 is 0 Å². The fraction of sp³-hybridized carbons (Fsp3) is 0.286. The van der Waals surface area contributed by atoms with Crippen LogP contribution in [0.2, 0.25) is 5.02 Å². The molecule has 2 aromatic heterocycles. The Kier molecular flexibility index (Phi) is 4.62. The highest BCUT2D eigenvalue weighted by Crippen LogP contribution is 2.33. The van der Waals surface area contributed by atoms with Crippen LogP contribution in [0.5, 0.6) is 0 Å². The summed E-state index contributed by atoms with van der Waals surface area (Å²) in [7, 11) is 0. The van der Waals surface area contributed by atoms with Gasteiger partial charge in [-0.1, -0.05) is 23.7 Å². The normalized spacial score (nSPS) is 18.1. The average molecular weight is 411 g/mol. The van der Waals surface area contributed by atoms with E-state index in [1.807, 2.05) is 6.07 Å². The van der Waals surface area contributed by atoms with Gasteiger partial charge in [0.25, 0.3) is 5.56 Å². The molecule has 7 heteroatoms. The standard InChI is InChI=1S/C21H19ClN4OS/c22-14-7-8-16-15(10-14)20(27)25-19(23-16)12-26-9-3-4-13(11-26)21-24-17-5-1-2-6-18(17)28-21/h1-2,5-8,10,13H,3-4,9,11-12H2,(H,23,25,27)/t13-/m0/s1. The van der Waals surface area contributed by atoms with Gasteiger partial charge in [0.1, 0.15) is 5.82 Å². The number of piperidine rings is 1. The number of hydrogen-bond donors (Lipinski definition) is 1. The molecule has 5 nitrogen and oxygen atoms in total. The molecule has 5 rings (SSSR count). The highest BCUT2D eigenvalue weighted by molar-refractivity contribution is 7.18. The SMILES string of the molecule is O=c1[nH]c(CN2CCC[C@H](c3nc4ccccc4s3)C2)nc2ccc(Cl)cc12. The number of benzene rings is 2. The molecule has 1 fully saturated rings. The third-order valence-electron chi connectivity index (χ3n) is 5.26.